The first-order valence-electron chi connectivity index (χ1n) is 10.3. The van der Waals surface area contributed by atoms with Crippen molar-refractivity contribution in [2.75, 3.05) is 20.3 Å². The first kappa shape index (κ1) is 21.4. The number of fused-ring (bicyclic) bond motifs is 2. The standard InChI is InChI=1S/C27H24O5/c1-3-26(28)32-23(17-29-2)18-30-27-24-12-8-7-9-19(24)15-20-13-14-22(16-25(20)27)31-21-10-5-4-6-11-21/h3-16,23H,1,17-18H2,2H3. The van der Waals surface area contributed by atoms with Gasteiger partial charge in [-0.2, -0.15) is 0 Å². The third-order valence-corrected chi connectivity index (χ3v) is 4.98. The van der Waals surface area contributed by atoms with E-state index in [9.17, 15) is 4.79 Å². The van der Waals surface area contributed by atoms with E-state index in [0.29, 0.717) is 11.5 Å². The largest absolute Gasteiger partial charge is 0.488 e. The van der Waals surface area contributed by atoms with Gasteiger partial charge in [0.25, 0.3) is 0 Å². The second-order valence-electron chi connectivity index (χ2n) is 7.25. The summed E-state index contributed by atoms with van der Waals surface area (Å²) in [6, 6.07) is 25.7. The van der Waals surface area contributed by atoms with Crippen LogP contribution in [0.25, 0.3) is 21.5 Å². The predicted octanol–water partition coefficient (Wildman–Crippen LogP) is 5.91. The summed E-state index contributed by atoms with van der Waals surface area (Å²) in [5, 5.41) is 3.94. The smallest absolute Gasteiger partial charge is 0.330 e. The molecule has 1 unspecified atom stereocenters. The summed E-state index contributed by atoms with van der Waals surface area (Å²) >= 11 is 0. The molecule has 5 heteroatoms. The first-order chi connectivity index (χ1) is 15.7. The summed E-state index contributed by atoms with van der Waals surface area (Å²) < 4.78 is 22.8. The number of esters is 1. The van der Waals surface area contributed by atoms with E-state index < -0.39 is 12.1 Å². The number of methoxy groups -OCH3 is 1. The number of rotatable bonds is 9. The lowest BCUT2D eigenvalue weighted by Crippen LogP contribution is -2.28. The number of para-hydroxylation sites is 1. The van der Waals surface area contributed by atoms with Gasteiger partial charge in [-0.25, -0.2) is 4.79 Å². The van der Waals surface area contributed by atoms with E-state index in [1.807, 2.05) is 72.8 Å². The topological polar surface area (TPSA) is 54.0 Å². The summed E-state index contributed by atoms with van der Waals surface area (Å²) in [4.78, 5) is 11.7. The Morgan fingerprint density at radius 1 is 0.875 bits per heavy atom. The molecule has 0 spiro atoms. The molecule has 5 nitrogen and oxygen atoms in total. The Bertz CT molecular complexity index is 1230. The van der Waals surface area contributed by atoms with Gasteiger partial charge in [-0.1, -0.05) is 55.1 Å². The van der Waals surface area contributed by atoms with Gasteiger partial charge in [0.05, 0.1) is 6.61 Å². The normalized spacial score (nSPS) is 11.8. The second kappa shape index (κ2) is 9.98. The molecular formula is C27H24O5. The zero-order chi connectivity index (χ0) is 22.3. The van der Waals surface area contributed by atoms with E-state index in [1.54, 1.807) is 7.11 Å². The minimum Gasteiger partial charge on any atom is -0.488 e. The average Bonchev–Trinajstić information content (AvgIpc) is 2.82. The minimum absolute atomic E-state index is 0.139. The molecule has 1 atom stereocenters. The quantitative estimate of drug-likeness (QED) is 0.188. The lowest BCUT2D eigenvalue weighted by atomic mass is 10.0. The molecule has 0 aliphatic rings. The summed E-state index contributed by atoms with van der Waals surface area (Å²) in [6.07, 6.45) is 0.562. The molecule has 4 aromatic carbocycles. The van der Waals surface area contributed by atoms with Crippen molar-refractivity contribution in [1.82, 2.24) is 0 Å². The summed E-state index contributed by atoms with van der Waals surface area (Å²) in [7, 11) is 1.55. The Morgan fingerprint density at radius 2 is 1.62 bits per heavy atom. The third-order valence-electron chi connectivity index (χ3n) is 4.98. The van der Waals surface area contributed by atoms with Crippen LogP contribution in [0.15, 0.2) is 91.5 Å². The van der Waals surface area contributed by atoms with Gasteiger partial charge < -0.3 is 18.9 Å². The Labute approximate surface area is 186 Å². The van der Waals surface area contributed by atoms with Crippen molar-refractivity contribution in [3.8, 4) is 17.2 Å². The van der Waals surface area contributed by atoms with E-state index in [-0.39, 0.29) is 13.2 Å². The van der Waals surface area contributed by atoms with Crippen molar-refractivity contribution in [3.05, 3.63) is 91.5 Å². The van der Waals surface area contributed by atoms with Gasteiger partial charge in [-0.05, 0) is 41.1 Å². The number of hydrogen-bond acceptors (Lipinski definition) is 5. The van der Waals surface area contributed by atoms with Crippen LogP contribution in [0.3, 0.4) is 0 Å². The van der Waals surface area contributed by atoms with E-state index in [4.69, 9.17) is 18.9 Å². The molecule has 0 N–H and O–H groups in total. The molecule has 0 saturated carbocycles. The van der Waals surface area contributed by atoms with E-state index in [2.05, 4.69) is 12.6 Å². The molecule has 0 fully saturated rings. The molecule has 0 aromatic heterocycles. The number of carbonyl (C=O) groups is 1. The maximum atomic E-state index is 11.7. The third kappa shape index (κ3) is 4.90. The molecule has 0 saturated heterocycles. The van der Waals surface area contributed by atoms with Gasteiger partial charge in [0.1, 0.15) is 23.9 Å². The molecule has 0 heterocycles. The lowest BCUT2D eigenvalue weighted by molar-refractivity contribution is -0.147. The van der Waals surface area contributed by atoms with Crippen LogP contribution in [-0.2, 0) is 14.3 Å². The summed E-state index contributed by atoms with van der Waals surface area (Å²) in [6.45, 7) is 3.80. The lowest BCUT2D eigenvalue weighted by Gasteiger charge is -2.19. The van der Waals surface area contributed by atoms with Crippen molar-refractivity contribution in [3.63, 3.8) is 0 Å². The second-order valence-corrected chi connectivity index (χ2v) is 7.25. The van der Waals surface area contributed by atoms with Crippen LogP contribution in [0.4, 0.5) is 0 Å². The maximum Gasteiger partial charge on any atom is 0.330 e. The first-order valence-corrected chi connectivity index (χ1v) is 10.3. The van der Waals surface area contributed by atoms with Crippen LogP contribution in [0.2, 0.25) is 0 Å². The average molecular weight is 428 g/mol. The van der Waals surface area contributed by atoms with Crippen molar-refractivity contribution in [2.24, 2.45) is 0 Å². The zero-order valence-electron chi connectivity index (χ0n) is 17.8. The van der Waals surface area contributed by atoms with Crippen LogP contribution in [0, 0.1) is 0 Å². The van der Waals surface area contributed by atoms with Gasteiger partial charge in [-0.15, -0.1) is 0 Å². The van der Waals surface area contributed by atoms with Crippen LogP contribution >= 0.6 is 0 Å². The predicted molar refractivity (Wildman–Crippen MR) is 125 cm³/mol. The molecule has 0 aliphatic carbocycles. The molecule has 4 rings (SSSR count). The summed E-state index contributed by atoms with van der Waals surface area (Å²) in [5.74, 6) is 1.64. The van der Waals surface area contributed by atoms with Gasteiger partial charge in [0.2, 0.25) is 0 Å². The summed E-state index contributed by atoms with van der Waals surface area (Å²) in [5.41, 5.74) is 0. The van der Waals surface area contributed by atoms with Crippen LogP contribution in [0.1, 0.15) is 0 Å². The Balaban J connectivity index is 1.72. The molecule has 0 bridgehead atoms. The zero-order valence-corrected chi connectivity index (χ0v) is 17.8. The van der Waals surface area contributed by atoms with Gasteiger partial charge >= 0.3 is 5.97 Å². The van der Waals surface area contributed by atoms with Gasteiger partial charge in [0.15, 0.2) is 6.10 Å². The highest BCUT2D eigenvalue weighted by Crippen LogP contribution is 2.37. The van der Waals surface area contributed by atoms with Crippen LogP contribution in [-0.4, -0.2) is 32.4 Å². The Hall–Kier alpha value is -3.83. The minimum atomic E-state index is -0.566. The van der Waals surface area contributed by atoms with Crippen LogP contribution < -0.4 is 9.47 Å². The molecule has 0 amide bonds. The molecule has 32 heavy (non-hydrogen) atoms. The van der Waals surface area contributed by atoms with Crippen molar-refractivity contribution in [1.29, 1.82) is 0 Å². The number of benzene rings is 4. The van der Waals surface area contributed by atoms with Gasteiger partial charge in [-0.3, -0.25) is 0 Å². The van der Waals surface area contributed by atoms with E-state index >= 15 is 0 Å². The SMILES string of the molecule is C=CC(=O)OC(COC)COc1c2ccccc2cc2ccc(Oc3ccccc3)cc12. The molecule has 4 aromatic rings. The highest BCUT2D eigenvalue weighted by atomic mass is 16.6. The Kier molecular flexibility index (Phi) is 6.68. The highest BCUT2D eigenvalue weighted by molar-refractivity contribution is 6.05. The fourth-order valence-corrected chi connectivity index (χ4v) is 3.53. The molecule has 0 aliphatic heterocycles. The fraction of sp³-hybridized carbons (Fsp3) is 0.148. The van der Waals surface area contributed by atoms with Crippen molar-refractivity contribution >= 4 is 27.5 Å². The fourth-order valence-electron chi connectivity index (χ4n) is 3.53. The van der Waals surface area contributed by atoms with Crippen molar-refractivity contribution < 1.29 is 23.7 Å². The van der Waals surface area contributed by atoms with Crippen LogP contribution in [0.5, 0.6) is 17.2 Å². The van der Waals surface area contributed by atoms with E-state index in [1.165, 1.54) is 0 Å². The number of carbonyl (C=O) groups excluding carboxylic acids is 1. The molecule has 0 radical (unpaired) electrons. The number of ether oxygens (including phenoxy) is 4. The maximum absolute atomic E-state index is 11.7. The Morgan fingerprint density at radius 3 is 2.41 bits per heavy atom. The monoisotopic (exact) mass is 428 g/mol. The number of hydrogen-bond donors (Lipinski definition) is 0. The van der Waals surface area contributed by atoms with Crippen molar-refractivity contribution in [2.45, 2.75) is 6.10 Å². The molecular weight excluding hydrogens is 404 g/mol. The van der Waals surface area contributed by atoms with Gasteiger partial charge in [0, 0.05) is 24.0 Å². The highest BCUT2D eigenvalue weighted by Gasteiger charge is 2.17. The molecule has 162 valence electrons. The van der Waals surface area contributed by atoms with E-state index in [0.717, 1.165) is 33.4 Å².